The summed E-state index contributed by atoms with van der Waals surface area (Å²) in [6.07, 6.45) is 1.31. The van der Waals surface area contributed by atoms with E-state index >= 15 is 0 Å². The molecule has 1 aromatic rings. The molecule has 114 valence electrons. The molecule has 7 nitrogen and oxygen atoms in total. The van der Waals surface area contributed by atoms with Crippen molar-refractivity contribution in [2.75, 3.05) is 6.61 Å². The van der Waals surface area contributed by atoms with Crippen LogP contribution in [0.3, 0.4) is 0 Å². The van der Waals surface area contributed by atoms with Gasteiger partial charge in [-0.3, -0.25) is 0 Å². The molecule has 0 aliphatic heterocycles. The van der Waals surface area contributed by atoms with Crippen molar-refractivity contribution in [2.24, 2.45) is 0 Å². The smallest absolute Gasteiger partial charge is 0.315 e. The molecule has 0 aromatic carbocycles. The van der Waals surface area contributed by atoms with E-state index in [4.69, 9.17) is 9.63 Å². The Balaban J connectivity index is 2.43. The number of nitrogens with zero attached hydrogens (tertiary/aromatic N) is 2. The zero-order valence-corrected chi connectivity index (χ0v) is 12.6. The van der Waals surface area contributed by atoms with Crippen LogP contribution in [-0.2, 0) is 12.0 Å². The minimum atomic E-state index is -0.299. The highest BCUT2D eigenvalue weighted by molar-refractivity contribution is 5.74. The molecule has 0 radical (unpaired) electrons. The van der Waals surface area contributed by atoms with Crippen LogP contribution in [0.4, 0.5) is 4.79 Å². The number of carbonyl (C=O) groups is 1. The number of amides is 2. The van der Waals surface area contributed by atoms with Gasteiger partial charge in [0.25, 0.3) is 0 Å². The molecule has 0 spiro atoms. The van der Waals surface area contributed by atoms with E-state index in [0.717, 1.165) is 6.42 Å². The molecular formula is C13H24N4O3. The minimum Gasteiger partial charge on any atom is -0.396 e. The van der Waals surface area contributed by atoms with Gasteiger partial charge in [-0.25, -0.2) is 4.79 Å². The van der Waals surface area contributed by atoms with Gasteiger partial charge in [0.05, 0.1) is 6.54 Å². The number of rotatable bonds is 6. The summed E-state index contributed by atoms with van der Waals surface area (Å²) in [7, 11) is 0. The molecule has 7 heteroatoms. The van der Waals surface area contributed by atoms with Gasteiger partial charge >= 0.3 is 6.03 Å². The largest absolute Gasteiger partial charge is 0.396 e. The van der Waals surface area contributed by atoms with Gasteiger partial charge in [0.2, 0.25) is 5.89 Å². The van der Waals surface area contributed by atoms with Gasteiger partial charge in [0.1, 0.15) is 0 Å². The average molecular weight is 284 g/mol. The zero-order chi connectivity index (χ0) is 15.2. The Morgan fingerprint density at radius 3 is 2.65 bits per heavy atom. The quantitative estimate of drug-likeness (QED) is 0.731. The van der Waals surface area contributed by atoms with Crippen LogP contribution in [0.25, 0.3) is 0 Å². The molecule has 0 aliphatic carbocycles. The highest BCUT2D eigenvalue weighted by Gasteiger charge is 2.21. The molecule has 0 fully saturated rings. The third-order valence-corrected chi connectivity index (χ3v) is 2.82. The lowest BCUT2D eigenvalue weighted by Gasteiger charge is -2.15. The van der Waals surface area contributed by atoms with Crippen molar-refractivity contribution in [1.82, 2.24) is 20.8 Å². The van der Waals surface area contributed by atoms with Crippen LogP contribution in [0.15, 0.2) is 4.52 Å². The molecule has 0 aliphatic rings. The van der Waals surface area contributed by atoms with Gasteiger partial charge in [-0.05, 0) is 12.8 Å². The fourth-order valence-electron chi connectivity index (χ4n) is 1.56. The molecule has 1 rings (SSSR count). The van der Waals surface area contributed by atoms with Gasteiger partial charge in [0, 0.05) is 18.1 Å². The number of aliphatic hydroxyl groups excluding tert-OH is 1. The Morgan fingerprint density at radius 2 is 2.15 bits per heavy atom. The van der Waals surface area contributed by atoms with Gasteiger partial charge in [0.15, 0.2) is 5.82 Å². The minimum absolute atomic E-state index is 0.0320. The number of aromatic nitrogens is 2. The van der Waals surface area contributed by atoms with Crippen LogP contribution in [-0.4, -0.2) is 33.9 Å². The van der Waals surface area contributed by atoms with Crippen molar-refractivity contribution in [1.29, 1.82) is 0 Å². The second-order valence-corrected chi connectivity index (χ2v) is 5.71. The van der Waals surface area contributed by atoms with E-state index in [2.05, 4.69) is 20.8 Å². The summed E-state index contributed by atoms with van der Waals surface area (Å²) < 4.78 is 5.14. The first kappa shape index (κ1) is 16.4. The van der Waals surface area contributed by atoms with Crippen molar-refractivity contribution >= 4 is 6.03 Å². The van der Waals surface area contributed by atoms with Gasteiger partial charge < -0.3 is 20.3 Å². The van der Waals surface area contributed by atoms with Crippen LogP contribution >= 0.6 is 0 Å². The first-order chi connectivity index (χ1) is 9.36. The molecule has 0 saturated heterocycles. The molecule has 1 heterocycles. The molecule has 1 aromatic heterocycles. The molecule has 2 amide bonds. The second-order valence-electron chi connectivity index (χ2n) is 5.71. The number of hydrogen-bond acceptors (Lipinski definition) is 5. The Kier molecular flexibility index (Phi) is 5.94. The number of carbonyl (C=O) groups excluding carboxylic acids is 1. The van der Waals surface area contributed by atoms with Crippen molar-refractivity contribution in [3.63, 3.8) is 0 Å². The molecule has 20 heavy (non-hydrogen) atoms. The van der Waals surface area contributed by atoms with Crippen molar-refractivity contribution in [3.8, 4) is 0 Å². The van der Waals surface area contributed by atoms with E-state index in [1.54, 1.807) is 0 Å². The Bertz CT molecular complexity index is 425. The van der Waals surface area contributed by atoms with Crippen molar-refractivity contribution < 1.29 is 14.4 Å². The highest BCUT2D eigenvalue weighted by Crippen LogP contribution is 2.19. The van der Waals surface area contributed by atoms with Crippen LogP contribution in [0.2, 0.25) is 0 Å². The Labute approximate surface area is 119 Å². The van der Waals surface area contributed by atoms with E-state index in [1.807, 2.05) is 27.7 Å². The fraction of sp³-hybridized carbons (Fsp3) is 0.769. The van der Waals surface area contributed by atoms with E-state index < -0.39 is 0 Å². The molecule has 1 atom stereocenters. The topological polar surface area (TPSA) is 100 Å². The van der Waals surface area contributed by atoms with Gasteiger partial charge in [-0.1, -0.05) is 32.9 Å². The number of urea groups is 1. The summed E-state index contributed by atoms with van der Waals surface area (Å²) in [5, 5.41) is 18.1. The van der Waals surface area contributed by atoms with Gasteiger partial charge in [-0.15, -0.1) is 0 Å². The average Bonchev–Trinajstić information content (AvgIpc) is 2.84. The summed E-state index contributed by atoms with van der Waals surface area (Å²) in [5.74, 6) is 0.988. The fourth-order valence-corrected chi connectivity index (χ4v) is 1.56. The lowest BCUT2D eigenvalue weighted by molar-refractivity contribution is 0.227. The molecule has 0 saturated carbocycles. The molecular weight excluding hydrogens is 260 g/mol. The van der Waals surface area contributed by atoms with Crippen molar-refractivity contribution in [2.45, 2.75) is 58.5 Å². The summed E-state index contributed by atoms with van der Waals surface area (Å²) >= 11 is 0. The first-order valence-electron chi connectivity index (χ1n) is 6.85. The van der Waals surface area contributed by atoms with Crippen LogP contribution < -0.4 is 10.6 Å². The lowest BCUT2D eigenvalue weighted by atomic mass is 9.97. The van der Waals surface area contributed by atoms with Crippen LogP contribution in [0.5, 0.6) is 0 Å². The third-order valence-electron chi connectivity index (χ3n) is 2.82. The zero-order valence-electron chi connectivity index (χ0n) is 12.6. The highest BCUT2D eigenvalue weighted by atomic mass is 16.5. The van der Waals surface area contributed by atoms with Crippen molar-refractivity contribution in [3.05, 3.63) is 11.7 Å². The SMILES string of the molecule is CCC(CCO)NC(=O)NCc1noc(C(C)(C)C)n1. The van der Waals surface area contributed by atoms with Crippen LogP contribution in [0.1, 0.15) is 52.3 Å². The van der Waals surface area contributed by atoms with Gasteiger partial charge in [-0.2, -0.15) is 4.98 Å². The Morgan fingerprint density at radius 1 is 1.45 bits per heavy atom. The molecule has 0 bridgehead atoms. The molecule has 3 N–H and O–H groups in total. The van der Waals surface area contributed by atoms with E-state index in [-0.39, 0.29) is 30.6 Å². The maximum Gasteiger partial charge on any atom is 0.315 e. The predicted octanol–water partition coefficient (Wildman–Crippen LogP) is 1.33. The third kappa shape index (κ3) is 5.16. The van der Waals surface area contributed by atoms with E-state index in [9.17, 15) is 4.79 Å². The second kappa shape index (κ2) is 7.23. The number of nitrogens with one attached hydrogen (secondary N) is 2. The summed E-state index contributed by atoms with van der Waals surface area (Å²) in [4.78, 5) is 15.9. The lowest BCUT2D eigenvalue weighted by Crippen LogP contribution is -2.42. The maximum absolute atomic E-state index is 11.7. The molecule has 1 unspecified atom stereocenters. The summed E-state index contributed by atoms with van der Waals surface area (Å²) in [5.41, 5.74) is -0.206. The Hall–Kier alpha value is -1.63. The predicted molar refractivity (Wildman–Crippen MR) is 74.2 cm³/mol. The van der Waals surface area contributed by atoms with E-state index in [1.165, 1.54) is 0 Å². The summed E-state index contributed by atoms with van der Waals surface area (Å²) in [6.45, 7) is 8.15. The monoisotopic (exact) mass is 284 g/mol. The van der Waals surface area contributed by atoms with E-state index in [0.29, 0.717) is 18.1 Å². The number of hydrogen-bond donors (Lipinski definition) is 3. The standard InChI is InChI=1S/C13H24N4O3/c1-5-9(6-7-18)15-12(19)14-8-10-16-11(20-17-10)13(2,3)4/h9,18H,5-8H2,1-4H3,(H2,14,15,19). The normalized spacial score (nSPS) is 13.1. The van der Waals surface area contributed by atoms with Crippen LogP contribution in [0, 0.1) is 0 Å². The number of aliphatic hydroxyl groups is 1. The first-order valence-corrected chi connectivity index (χ1v) is 6.85. The maximum atomic E-state index is 11.7. The summed E-state index contributed by atoms with van der Waals surface area (Å²) in [6, 6.07) is -0.331.